The number of pyridine rings is 1. The van der Waals surface area contributed by atoms with Gasteiger partial charge in [0.2, 0.25) is 0 Å². The minimum absolute atomic E-state index is 0.158. The second-order valence-electron chi connectivity index (χ2n) is 10.4. The standard InChI is InChI=1S/C29H28N8O3/c30-27-26-21(15-23(18-13-20(38)14-18)36(26)33-16-32-27)17-7-9-19(10-8-17)34-28(39)25-22-5-2-4-12-35(22)37(29(25)40)24-6-1-3-11-31-24/h1,3,6-11,15-16,18,20,38H,2,4-5,12-14H2,(H,34,39)(H2,30,32,33). The van der Waals surface area contributed by atoms with Crippen molar-refractivity contribution in [3.05, 3.63) is 88.4 Å². The Morgan fingerprint density at radius 3 is 2.65 bits per heavy atom. The van der Waals surface area contributed by atoms with Crippen LogP contribution in [0.2, 0.25) is 0 Å². The van der Waals surface area contributed by atoms with Crippen molar-refractivity contribution in [3.63, 3.8) is 0 Å². The van der Waals surface area contributed by atoms with Gasteiger partial charge < -0.3 is 16.2 Å². The van der Waals surface area contributed by atoms with Crippen molar-refractivity contribution >= 4 is 22.9 Å². The maximum Gasteiger partial charge on any atom is 0.285 e. The van der Waals surface area contributed by atoms with Crippen molar-refractivity contribution in [1.82, 2.24) is 28.9 Å². The van der Waals surface area contributed by atoms with Crippen molar-refractivity contribution in [1.29, 1.82) is 0 Å². The van der Waals surface area contributed by atoms with Crippen LogP contribution in [-0.4, -0.2) is 46.1 Å². The number of carbonyl (C=O) groups excluding carboxylic acids is 1. The highest BCUT2D eigenvalue weighted by atomic mass is 16.3. The van der Waals surface area contributed by atoms with Crippen LogP contribution in [0.5, 0.6) is 0 Å². The molecule has 1 aliphatic carbocycles. The summed E-state index contributed by atoms with van der Waals surface area (Å²) in [6, 6.07) is 14.9. The van der Waals surface area contributed by atoms with Crippen LogP contribution in [-0.2, 0) is 13.0 Å². The summed E-state index contributed by atoms with van der Waals surface area (Å²) in [5.74, 6) is 0.637. The van der Waals surface area contributed by atoms with Gasteiger partial charge in [-0.2, -0.15) is 9.78 Å². The molecule has 1 aliphatic heterocycles. The molecule has 0 bridgehead atoms. The molecule has 4 N–H and O–H groups in total. The van der Waals surface area contributed by atoms with Crippen LogP contribution in [0.4, 0.5) is 11.5 Å². The molecule has 7 rings (SSSR count). The van der Waals surface area contributed by atoms with Gasteiger partial charge in [0.15, 0.2) is 11.6 Å². The van der Waals surface area contributed by atoms with E-state index in [1.807, 2.05) is 39.5 Å². The number of rotatable bonds is 5. The molecule has 11 nitrogen and oxygen atoms in total. The fourth-order valence-electron chi connectivity index (χ4n) is 5.93. The number of fused-ring (bicyclic) bond motifs is 2. The van der Waals surface area contributed by atoms with E-state index in [-0.39, 0.29) is 23.1 Å². The number of aliphatic hydroxyl groups excluding tert-OH is 1. The molecule has 0 unspecified atom stereocenters. The predicted molar refractivity (Wildman–Crippen MR) is 150 cm³/mol. The van der Waals surface area contributed by atoms with Gasteiger partial charge in [-0.15, -0.1) is 0 Å². The fraction of sp³-hybridized carbons (Fsp3) is 0.276. The quantitative estimate of drug-likeness (QED) is 0.313. The molecule has 4 aromatic heterocycles. The summed E-state index contributed by atoms with van der Waals surface area (Å²) in [6.45, 7) is 0.656. The van der Waals surface area contributed by atoms with Gasteiger partial charge >= 0.3 is 0 Å². The van der Waals surface area contributed by atoms with Gasteiger partial charge in [-0.25, -0.2) is 14.5 Å². The molecule has 5 heterocycles. The normalized spacial score (nSPS) is 18.3. The fourth-order valence-corrected chi connectivity index (χ4v) is 5.93. The van der Waals surface area contributed by atoms with E-state index in [4.69, 9.17) is 5.73 Å². The molecule has 1 fully saturated rings. The van der Waals surface area contributed by atoms with Crippen molar-refractivity contribution in [3.8, 4) is 16.9 Å². The molecule has 0 atom stereocenters. The van der Waals surface area contributed by atoms with Crippen LogP contribution in [0, 0.1) is 0 Å². The third-order valence-electron chi connectivity index (χ3n) is 7.97. The highest BCUT2D eigenvalue weighted by Crippen LogP contribution is 2.41. The maximum atomic E-state index is 13.5. The summed E-state index contributed by atoms with van der Waals surface area (Å²) >= 11 is 0. The van der Waals surface area contributed by atoms with Crippen LogP contribution in [0.15, 0.2) is 65.8 Å². The van der Waals surface area contributed by atoms with E-state index < -0.39 is 5.91 Å². The number of nitrogens with zero attached hydrogens (tertiary/aromatic N) is 6. The molecule has 1 amide bonds. The molecule has 202 valence electrons. The number of aliphatic hydroxyl groups is 1. The van der Waals surface area contributed by atoms with Gasteiger partial charge in [-0.3, -0.25) is 14.3 Å². The number of hydrogen-bond acceptors (Lipinski definition) is 7. The monoisotopic (exact) mass is 536 g/mol. The molecule has 0 spiro atoms. The minimum Gasteiger partial charge on any atom is -0.393 e. The molecule has 40 heavy (non-hydrogen) atoms. The number of hydrogen-bond donors (Lipinski definition) is 3. The lowest BCUT2D eigenvalue weighted by molar-refractivity contribution is 0.0726. The van der Waals surface area contributed by atoms with Crippen LogP contribution >= 0.6 is 0 Å². The largest absolute Gasteiger partial charge is 0.393 e. The topological polar surface area (TPSA) is 145 Å². The third-order valence-corrected chi connectivity index (χ3v) is 7.97. The minimum atomic E-state index is -0.434. The first-order chi connectivity index (χ1) is 19.5. The average Bonchev–Trinajstić information content (AvgIpc) is 3.48. The van der Waals surface area contributed by atoms with Crippen molar-refractivity contribution in [2.45, 2.75) is 50.7 Å². The highest BCUT2D eigenvalue weighted by molar-refractivity contribution is 6.05. The Labute approximate surface area is 228 Å². The Kier molecular flexibility index (Phi) is 5.74. The maximum absolute atomic E-state index is 13.5. The number of aromatic nitrogens is 6. The first-order valence-electron chi connectivity index (χ1n) is 13.5. The van der Waals surface area contributed by atoms with Crippen molar-refractivity contribution in [2.75, 3.05) is 11.1 Å². The zero-order valence-electron chi connectivity index (χ0n) is 21.7. The number of nitrogens with two attached hydrogens (primary N) is 1. The Bertz CT molecular complexity index is 1800. The molecule has 1 aromatic carbocycles. The Morgan fingerprint density at radius 1 is 1.07 bits per heavy atom. The number of carbonyl (C=O) groups is 1. The lowest BCUT2D eigenvalue weighted by Crippen LogP contribution is -2.27. The Hall–Kier alpha value is -4.77. The lowest BCUT2D eigenvalue weighted by Gasteiger charge is -2.30. The zero-order chi connectivity index (χ0) is 27.4. The van der Waals surface area contributed by atoms with E-state index >= 15 is 0 Å². The number of anilines is 2. The number of nitrogen functional groups attached to an aromatic ring is 1. The van der Waals surface area contributed by atoms with Crippen LogP contribution < -0.4 is 16.6 Å². The molecular formula is C29H28N8O3. The van der Waals surface area contributed by atoms with E-state index in [1.165, 1.54) is 11.0 Å². The summed E-state index contributed by atoms with van der Waals surface area (Å²) in [6.07, 6.45) is 6.66. The van der Waals surface area contributed by atoms with Crippen LogP contribution in [0.1, 0.15) is 53.3 Å². The van der Waals surface area contributed by atoms with Gasteiger partial charge in [0, 0.05) is 35.6 Å². The lowest BCUT2D eigenvalue weighted by atomic mass is 9.80. The van der Waals surface area contributed by atoms with E-state index in [0.29, 0.717) is 48.6 Å². The van der Waals surface area contributed by atoms with Crippen molar-refractivity contribution in [2.24, 2.45) is 0 Å². The smallest absolute Gasteiger partial charge is 0.285 e. The van der Waals surface area contributed by atoms with E-state index in [1.54, 1.807) is 18.3 Å². The van der Waals surface area contributed by atoms with Crippen LogP contribution in [0.3, 0.4) is 0 Å². The summed E-state index contributed by atoms with van der Waals surface area (Å²) in [4.78, 5) is 35.5. The molecule has 0 radical (unpaired) electrons. The second-order valence-corrected chi connectivity index (χ2v) is 10.4. The molecule has 1 saturated carbocycles. The van der Waals surface area contributed by atoms with Crippen LogP contribution in [0.25, 0.3) is 22.5 Å². The average molecular weight is 537 g/mol. The summed E-state index contributed by atoms with van der Waals surface area (Å²) < 4.78 is 5.21. The highest BCUT2D eigenvalue weighted by Gasteiger charge is 2.32. The van der Waals surface area contributed by atoms with Crippen molar-refractivity contribution < 1.29 is 9.90 Å². The van der Waals surface area contributed by atoms with E-state index in [0.717, 1.165) is 35.4 Å². The first kappa shape index (κ1) is 24.3. The van der Waals surface area contributed by atoms with Gasteiger partial charge in [0.25, 0.3) is 11.5 Å². The Morgan fingerprint density at radius 2 is 1.90 bits per heavy atom. The van der Waals surface area contributed by atoms with Gasteiger partial charge in [-0.05, 0) is 68.0 Å². The summed E-state index contributed by atoms with van der Waals surface area (Å²) in [5, 5.41) is 17.2. The molecule has 2 aliphatic rings. The number of amides is 1. The number of benzene rings is 1. The Balaban J connectivity index is 1.20. The zero-order valence-corrected chi connectivity index (χ0v) is 21.7. The molecule has 11 heteroatoms. The van der Waals surface area contributed by atoms with E-state index in [2.05, 4.69) is 26.4 Å². The van der Waals surface area contributed by atoms with Gasteiger partial charge in [-0.1, -0.05) is 18.2 Å². The van der Waals surface area contributed by atoms with Gasteiger partial charge in [0.1, 0.15) is 17.4 Å². The summed E-state index contributed by atoms with van der Waals surface area (Å²) in [5.41, 5.74) is 10.8. The van der Waals surface area contributed by atoms with E-state index in [9.17, 15) is 14.7 Å². The third kappa shape index (κ3) is 3.89. The first-order valence-corrected chi connectivity index (χ1v) is 13.5. The van der Waals surface area contributed by atoms with Gasteiger partial charge in [0.05, 0.1) is 11.8 Å². The predicted octanol–water partition coefficient (Wildman–Crippen LogP) is 3.15. The summed E-state index contributed by atoms with van der Waals surface area (Å²) in [7, 11) is 0. The SMILES string of the molecule is Nc1ncnn2c(C3CC(O)C3)cc(-c3ccc(NC(=O)c4c5n(n(-c6ccccn6)c4=O)CCCC5)cc3)c12. The molecule has 5 aromatic rings. The second kappa shape index (κ2) is 9.45. The molecule has 0 saturated heterocycles. The number of nitrogens with one attached hydrogen (secondary N) is 1. The molecular weight excluding hydrogens is 508 g/mol.